The lowest BCUT2D eigenvalue weighted by Crippen LogP contribution is -2.24. The van der Waals surface area contributed by atoms with E-state index in [2.05, 4.69) is 20.6 Å². The lowest BCUT2D eigenvalue weighted by atomic mass is 10.2. The summed E-state index contributed by atoms with van der Waals surface area (Å²) >= 11 is 0. The number of para-hydroxylation sites is 1. The van der Waals surface area contributed by atoms with Crippen molar-refractivity contribution in [3.8, 4) is 17.2 Å². The minimum Gasteiger partial charge on any atom is -0.496 e. The monoisotopic (exact) mass is 394 g/mol. The van der Waals surface area contributed by atoms with E-state index >= 15 is 0 Å². The van der Waals surface area contributed by atoms with Crippen molar-refractivity contribution in [2.75, 3.05) is 26.6 Å². The first-order chi connectivity index (χ1) is 14.1. The number of methoxy groups -OCH3 is 3. The first kappa shape index (κ1) is 19.9. The Kier molecular flexibility index (Phi) is 6.47. The van der Waals surface area contributed by atoms with Crippen molar-refractivity contribution in [3.63, 3.8) is 0 Å². The summed E-state index contributed by atoms with van der Waals surface area (Å²) in [6.45, 7) is 0.325. The Bertz CT molecular complexity index is 994. The topological polar surface area (TPSA) is 94.6 Å². The third-order valence-corrected chi connectivity index (χ3v) is 4.19. The summed E-state index contributed by atoms with van der Waals surface area (Å²) in [5, 5.41) is 5.97. The quantitative estimate of drug-likeness (QED) is 0.606. The maximum Gasteiger partial charge on any atom is 0.270 e. The standard InChI is InChI=1S/C21H22N4O4/c1-27-17-7-5-4-6-14(17)12-22-21(26)16-11-20(24-13-23-16)25-15-8-9-18(28-2)19(10-15)29-3/h4-11,13H,12H2,1-3H3,(H,22,26)(H,23,24,25). The van der Waals surface area contributed by atoms with Crippen LogP contribution in [0.1, 0.15) is 16.1 Å². The lowest BCUT2D eigenvalue weighted by Gasteiger charge is -2.12. The van der Waals surface area contributed by atoms with Crippen LogP contribution < -0.4 is 24.8 Å². The Morgan fingerprint density at radius 1 is 0.897 bits per heavy atom. The SMILES string of the molecule is COc1ccccc1CNC(=O)c1cc(Nc2ccc(OC)c(OC)c2)ncn1. The van der Waals surface area contributed by atoms with Gasteiger partial charge in [-0.05, 0) is 18.2 Å². The summed E-state index contributed by atoms with van der Waals surface area (Å²) in [5.74, 6) is 2.09. The van der Waals surface area contributed by atoms with Crippen LogP contribution in [0.5, 0.6) is 17.2 Å². The zero-order chi connectivity index (χ0) is 20.6. The van der Waals surface area contributed by atoms with E-state index in [1.165, 1.54) is 6.33 Å². The van der Waals surface area contributed by atoms with Crippen LogP contribution in [0, 0.1) is 0 Å². The van der Waals surface area contributed by atoms with Gasteiger partial charge < -0.3 is 24.8 Å². The average molecular weight is 394 g/mol. The van der Waals surface area contributed by atoms with Gasteiger partial charge >= 0.3 is 0 Å². The number of hydrogen-bond acceptors (Lipinski definition) is 7. The second-order valence-electron chi connectivity index (χ2n) is 5.98. The van der Waals surface area contributed by atoms with Gasteiger partial charge in [0.1, 0.15) is 23.6 Å². The Morgan fingerprint density at radius 2 is 1.66 bits per heavy atom. The van der Waals surface area contributed by atoms with Crippen molar-refractivity contribution in [1.82, 2.24) is 15.3 Å². The predicted octanol–water partition coefficient (Wildman–Crippen LogP) is 3.18. The number of amides is 1. The van der Waals surface area contributed by atoms with Crippen LogP contribution in [0.3, 0.4) is 0 Å². The van der Waals surface area contributed by atoms with Crippen molar-refractivity contribution < 1.29 is 19.0 Å². The number of carbonyl (C=O) groups is 1. The molecule has 0 saturated heterocycles. The summed E-state index contributed by atoms with van der Waals surface area (Å²) in [7, 11) is 4.74. The molecule has 0 bridgehead atoms. The third-order valence-electron chi connectivity index (χ3n) is 4.19. The highest BCUT2D eigenvalue weighted by molar-refractivity contribution is 5.93. The van der Waals surface area contributed by atoms with E-state index in [4.69, 9.17) is 14.2 Å². The van der Waals surface area contributed by atoms with Crippen LogP contribution in [-0.2, 0) is 6.54 Å². The molecule has 3 aromatic rings. The van der Waals surface area contributed by atoms with Gasteiger partial charge in [0.2, 0.25) is 0 Å². The number of anilines is 2. The van der Waals surface area contributed by atoms with E-state index in [-0.39, 0.29) is 11.6 Å². The molecule has 1 aromatic heterocycles. The molecule has 3 rings (SSSR count). The molecule has 0 radical (unpaired) electrons. The summed E-state index contributed by atoms with van der Waals surface area (Å²) in [6, 6.07) is 14.5. The van der Waals surface area contributed by atoms with Crippen molar-refractivity contribution in [2.45, 2.75) is 6.54 Å². The smallest absolute Gasteiger partial charge is 0.270 e. The van der Waals surface area contributed by atoms with Gasteiger partial charge in [-0.15, -0.1) is 0 Å². The summed E-state index contributed by atoms with van der Waals surface area (Å²) in [6.07, 6.45) is 1.33. The molecule has 0 spiro atoms. The fourth-order valence-electron chi connectivity index (χ4n) is 2.73. The maximum atomic E-state index is 12.5. The summed E-state index contributed by atoms with van der Waals surface area (Å²) < 4.78 is 15.8. The lowest BCUT2D eigenvalue weighted by molar-refractivity contribution is 0.0945. The zero-order valence-electron chi connectivity index (χ0n) is 16.4. The molecule has 0 fully saturated rings. The van der Waals surface area contributed by atoms with Gasteiger partial charge in [0.15, 0.2) is 11.5 Å². The second-order valence-corrected chi connectivity index (χ2v) is 5.98. The van der Waals surface area contributed by atoms with Crippen LogP contribution in [0.25, 0.3) is 0 Å². The molecule has 1 amide bonds. The van der Waals surface area contributed by atoms with Crippen molar-refractivity contribution >= 4 is 17.4 Å². The van der Waals surface area contributed by atoms with Crippen LogP contribution in [0.15, 0.2) is 54.9 Å². The molecule has 150 valence electrons. The fraction of sp³-hybridized carbons (Fsp3) is 0.190. The molecule has 0 atom stereocenters. The molecule has 0 unspecified atom stereocenters. The molecule has 2 aromatic carbocycles. The Labute approximate surface area is 168 Å². The molecule has 0 aliphatic carbocycles. The highest BCUT2D eigenvalue weighted by atomic mass is 16.5. The van der Waals surface area contributed by atoms with Gasteiger partial charge in [0.05, 0.1) is 21.3 Å². The van der Waals surface area contributed by atoms with Crippen LogP contribution in [0.2, 0.25) is 0 Å². The third kappa shape index (κ3) is 4.92. The molecule has 0 aliphatic rings. The van der Waals surface area contributed by atoms with Crippen molar-refractivity contribution in [1.29, 1.82) is 0 Å². The first-order valence-corrected chi connectivity index (χ1v) is 8.85. The fourth-order valence-corrected chi connectivity index (χ4v) is 2.73. The number of rotatable bonds is 8. The first-order valence-electron chi connectivity index (χ1n) is 8.85. The van der Waals surface area contributed by atoms with Gasteiger partial charge in [0, 0.05) is 29.9 Å². The molecule has 0 saturated carbocycles. The van der Waals surface area contributed by atoms with Gasteiger partial charge in [-0.3, -0.25) is 4.79 Å². The van der Waals surface area contributed by atoms with E-state index < -0.39 is 0 Å². The minimum atomic E-state index is -0.311. The number of ether oxygens (including phenoxy) is 3. The van der Waals surface area contributed by atoms with Crippen molar-refractivity contribution in [2.24, 2.45) is 0 Å². The highest BCUT2D eigenvalue weighted by Gasteiger charge is 2.11. The van der Waals surface area contributed by atoms with Gasteiger partial charge in [-0.25, -0.2) is 9.97 Å². The van der Waals surface area contributed by atoms with Crippen LogP contribution in [-0.4, -0.2) is 37.2 Å². The average Bonchev–Trinajstić information content (AvgIpc) is 2.77. The number of hydrogen-bond donors (Lipinski definition) is 2. The molecular weight excluding hydrogens is 372 g/mol. The van der Waals surface area contributed by atoms with E-state index in [1.54, 1.807) is 39.5 Å². The van der Waals surface area contributed by atoms with E-state index in [0.717, 1.165) is 11.3 Å². The molecular formula is C21H22N4O4. The van der Waals surface area contributed by atoms with Gasteiger partial charge in [0.25, 0.3) is 5.91 Å². The molecule has 8 nitrogen and oxygen atoms in total. The number of aromatic nitrogens is 2. The molecule has 2 N–H and O–H groups in total. The number of nitrogens with one attached hydrogen (secondary N) is 2. The molecule has 0 aliphatic heterocycles. The Hall–Kier alpha value is -3.81. The number of carbonyl (C=O) groups excluding carboxylic acids is 1. The second kappa shape index (κ2) is 9.41. The zero-order valence-corrected chi connectivity index (χ0v) is 16.4. The number of nitrogens with zero attached hydrogens (tertiary/aromatic N) is 2. The number of benzene rings is 2. The minimum absolute atomic E-state index is 0.248. The Balaban J connectivity index is 1.69. The maximum absolute atomic E-state index is 12.5. The molecule has 29 heavy (non-hydrogen) atoms. The van der Waals surface area contributed by atoms with Gasteiger partial charge in [-0.1, -0.05) is 18.2 Å². The molecule has 1 heterocycles. The van der Waals surface area contributed by atoms with E-state index in [1.807, 2.05) is 30.3 Å². The highest BCUT2D eigenvalue weighted by Crippen LogP contribution is 2.30. The van der Waals surface area contributed by atoms with Crippen molar-refractivity contribution in [3.05, 3.63) is 66.1 Å². The largest absolute Gasteiger partial charge is 0.496 e. The summed E-state index contributed by atoms with van der Waals surface area (Å²) in [5.41, 5.74) is 1.86. The van der Waals surface area contributed by atoms with E-state index in [0.29, 0.717) is 29.6 Å². The Morgan fingerprint density at radius 3 is 2.41 bits per heavy atom. The summed E-state index contributed by atoms with van der Waals surface area (Å²) in [4.78, 5) is 20.7. The van der Waals surface area contributed by atoms with Crippen LogP contribution in [0.4, 0.5) is 11.5 Å². The normalized spacial score (nSPS) is 10.2. The van der Waals surface area contributed by atoms with Crippen LogP contribution >= 0.6 is 0 Å². The predicted molar refractivity (Wildman–Crippen MR) is 109 cm³/mol. The van der Waals surface area contributed by atoms with Gasteiger partial charge in [-0.2, -0.15) is 0 Å². The molecule has 8 heteroatoms. The van der Waals surface area contributed by atoms with E-state index in [9.17, 15) is 4.79 Å².